The fourth-order valence-electron chi connectivity index (χ4n) is 1.60. The number of carbonyl (C=O) groups is 2. The Hall–Kier alpha value is -1.98. The smallest absolute Gasteiger partial charge is 0.259 e. The van der Waals surface area contributed by atoms with Crippen LogP contribution < -0.4 is 5.32 Å². The summed E-state index contributed by atoms with van der Waals surface area (Å²) in [5.74, 6) is -0.863. The molecule has 2 N–H and O–H groups in total. The molecule has 0 saturated heterocycles. The molecule has 0 heterocycles. The van der Waals surface area contributed by atoms with Crippen LogP contribution in [0.3, 0.4) is 0 Å². The molecule has 2 rings (SSSR count). The third-order valence-electron chi connectivity index (χ3n) is 2.60. The van der Waals surface area contributed by atoms with Crippen molar-refractivity contribution in [3.63, 3.8) is 0 Å². The largest absolute Gasteiger partial charge is 0.507 e. The van der Waals surface area contributed by atoms with E-state index in [9.17, 15) is 14.7 Å². The van der Waals surface area contributed by atoms with Crippen molar-refractivity contribution in [2.24, 2.45) is 0 Å². The number of thioether (sulfide) groups is 1. The van der Waals surface area contributed by atoms with Crippen LogP contribution in [0.5, 0.6) is 5.75 Å². The van der Waals surface area contributed by atoms with Crippen molar-refractivity contribution in [3.8, 4) is 5.75 Å². The Labute approximate surface area is 131 Å². The number of phenols is 1. The summed E-state index contributed by atoms with van der Waals surface area (Å²) in [4.78, 5) is 24.2. The van der Waals surface area contributed by atoms with Gasteiger partial charge in [-0.2, -0.15) is 0 Å². The number of hydrogen-bond acceptors (Lipinski definition) is 4. The van der Waals surface area contributed by atoms with Gasteiger partial charge in [-0.05, 0) is 24.3 Å². The Balaban J connectivity index is 1.92. The van der Waals surface area contributed by atoms with Crippen molar-refractivity contribution in [1.29, 1.82) is 0 Å². The number of hydrogen-bond donors (Lipinski definition) is 2. The third kappa shape index (κ3) is 4.24. The van der Waals surface area contributed by atoms with Gasteiger partial charge >= 0.3 is 0 Å². The highest BCUT2D eigenvalue weighted by atomic mass is 35.5. The summed E-state index contributed by atoms with van der Waals surface area (Å²) < 4.78 is 0. The van der Waals surface area contributed by atoms with Gasteiger partial charge in [-0.15, -0.1) is 11.8 Å². The van der Waals surface area contributed by atoms with Gasteiger partial charge < -0.3 is 5.11 Å². The molecule has 0 aliphatic rings. The van der Waals surface area contributed by atoms with Gasteiger partial charge in [-0.25, -0.2) is 0 Å². The number of aromatic hydroxyl groups is 1. The van der Waals surface area contributed by atoms with Crippen LogP contribution in [0.2, 0.25) is 5.02 Å². The van der Waals surface area contributed by atoms with Crippen molar-refractivity contribution in [2.45, 2.75) is 4.90 Å². The molecule has 2 amide bonds. The van der Waals surface area contributed by atoms with Crippen LogP contribution in [-0.4, -0.2) is 22.7 Å². The number of halogens is 1. The van der Waals surface area contributed by atoms with E-state index in [4.69, 9.17) is 11.6 Å². The second kappa shape index (κ2) is 7.15. The zero-order chi connectivity index (χ0) is 15.2. The zero-order valence-corrected chi connectivity index (χ0v) is 12.4. The molecular formula is C15H12ClNO3S. The summed E-state index contributed by atoms with van der Waals surface area (Å²) in [7, 11) is 0. The van der Waals surface area contributed by atoms with E-state index in [1.54, 1.807) is 42.5 Å². The molecule has 21 heavy (non-hydrogen) atoms. The number of amides is 2. The normalized spacial score (nSPS) is 10.1. The topological polar surface area (TPSA) is 66.4 Å². The Kier molecular flexibility index (Phi) is 5.25. The standard InChI is InChI=1S/C15H12ClNO3S/c16-11-6-2-1-5-10(11)15(20)17-14(19)9-21-13-8-4-3-7-12(13)18/h1-8,18H,9H2,(H,17,19,20). The second-order valence-electron chi connectivity index (χ2n) is 4.11. The van der Waals surface area contributed by atoms with Gasteiger partial charge in [0.05, 0.1) is 16.3 Å². The Morgan fingerprint density at radius 2 is 1.76 bits per heavy atom. The molecule has 4 nitrogen and oxygen atoms in total. The van der Waals surface area contributed by atoms with E-state index in [1.807, 2.05) is 0 Å². The highest BCUT2D eigenvalue weighted by molar-refractivity contribution is 8.00. The average Bonchev–Trinajstić information content (AvgIpc) is 2.46. The number of carbonyl (C=O) groups excluding carboxylic acids is 2. The maximum Gasteiger partial charge on any atom is 0.259 e. The lowest BCUT2D eigenvalue weighted by molar-refractivity contribution is -0.117. The highest BCUT2D eigenvalue weighted by Gasteiger charge is 2.13. The summed E-state index contributed by atoms with van der Waals surface area (Å²) in [5, 5.41) is 12.1. The maximum absolute atomic E-state index is 11.9. The van der Waals surface area contributed by atoms with Crippen LogP contribution in [0.25, 0.3) is 0 Å². The molecule has 0 fully saturated rings. The third-order valence-corrected chi connectivity index (χ3v) is 3.99. The number of para-hydroxylation sites is 1. The SMILES string of the molecule is O=C(CSc1ccccc1O)NC(=O)c1ccccc1Cl. The fraction of sp³-hybridized carbons (Fsp3) is 0.0667. The molecule has 0 aliphatic heterocycles. The Bertz CT molecular complexity index is 675. The van der Waals surface area contributed by atoms with E-state index in [1.165, 1.54) is 6.07 Å². The predicted octanol–water partition coefficient (Wildman–Crippen LogP) is 3.09. The lowest BCUT2D eigenvalue weighted by Gasteiger charge is -2.06. The van der Waals surface area contributed by atoms with E-state index in [2.05, 4.69) is 5.32 Å². The van der Waals surface area contributed by atoms with Crippen LogP contribution in [0.1, 0.15) is 10.4 Å². The van der Waals surface area contributed by atoms with Gasteiger partial charge in [0.15, 0.2) is 0 Å². The molecule has 6 heteroatoms. The van der Waals surface area contributed by atoms with Gasteiger partial charge in [0.2, 0.25) is 5.91 Å². The Morgan fingerprint density at radius 1 is 1.10 bits per heavy atom. The first-order valence-electron chi connectivity index (χ1n) is 6.07. The Morgan fingerprint density at radius 3 is 2.48 bits per heavy atom. The van der Waals surface area contributed by atoms with E-state index in [0.717, 1.165) is 11.8 Å². The first-order valence-corrected chi connectivity index (χ1v) is 7.44. The monoisotopic (exact) mass is 321 g/mol. The molecule has 108 valence electrons. The fourth-order valence-corrected chi connectivity index (χ4v) is 2.57. The van der Waals surface area contributed by atoms with Crippen molar-refractivity contribution < 1.29 is 14.7 Å². The summed E-state index contributed by atoms with van der Waals surface area (Å²) in [6.07, 6.45) is 0. The molecular weight excluding hydrogens is 310 g/mol. The van der Waals surface area contributed by atoms with Crippen molar-refractivity contribution in [2.75, 3.05) is 5.75 Å². The van der Waals surface area contributed by atoms with Crippen LogP contribution in [-0.2, 0) is 4.79 Å². The summed E-state index contributed by atoms with van der Waals surface area (Å²) >= 11 is 7.04. The minimum absolute atomic E-state index is 0.0216. The summed E-state index contributed by atoms with van der Waals surface area (Å²) in [6.45, 7) is 0. The first-order chi connectivity index (χ1) is 10.1. The lowest BCUT2D eigenvalue weighted by atomic mass is 10.2. The van der Waals surface area contributed by atoms with Crippen LogP contribution in [0.15, 0.2) is 53.4 Å². The number of imide groups is 1. The second-order valence-corrected chi connectivity index (χ2v) is 5.54. The van der Waals surface area contributed by atoms with Gasteiger partial charge in [-0.3, -0.25) is 14.9 Å². The van der Waals surface area contributed by atoms with E-state index in [0.29, 0.717) is 4.90 Å². The summed E-state index contributed by atoms with van der Waals surface area (Å²) in [6, 6.07) is 13.2. The minimum atomic E-state index is -0.538. The van der Waals surface area contributed by atoms with Gasteiger partial charge in [-0.1, -0.05) is 35.9 Å². The van der Waals surface area contributed by atoms with E-state index < -0.39 is 11.8 Å². The van der Waals surface area contributed by atoms with Crippen molar-refractivity contribution in [1.82, 2.24) is 5.32 Å². The lowest BCUT2D eigenvalue weighted by Crippen LogP contribution is -2.32. The predicted molar refractivity (Wildman–Crippen MR) is 82.8 cm³/mol. The molecule has 0 atom stereocenters. The van der Waals surface area contributed by atoms with Gasteiger partial charge in [0, 0.05) is 4.90 Å². The minimum Gasteiger partial charge on any atom is -0.507 e. The maximum atomic E-state index is 11.9. The van der Waals surface area contributed by atoms with Crippen LogP contribution >= 0.6 is 23.4 Å². The molecule has 0 unspecified atom stereocenters. The molecule has 0 radical (unpaired) electrons. The van der Waals surface area contributed by atoms with Gasteiger partial charge in [0.1, 0.15) is 5.75 Å². The highest BCUT2D eigenvalue weighted by Crippen LogP contribution is 2.27. The number of benzene rings is 2. The van der Waals surface area contributed by atoms with Crippen molar-refractivity contribution in [3.05, 3.63) is 59.1 Å². The van der Waals surface area contributed by atoms with Crippen LogP contribution in [0.4, 0.5) is 0 Å². The van der Waals surface area contributed by atoms with E-state index >= 15 is 0 Å². The molecule has 0 bridgehead atoms. The molecule has 0 spiro atoms. The van der Waals surface area contributed by atoms with Gasteiger partial charge in [0.25, 0.3) is 5.91 Å². The molecule has 0 aromatic heterocycles. The number of nitrogens with one attached hydrogen (secondary N) is 1. The molecule has 2 aromatic carbocycles. The average molecular weight is 322 g/mol. The van der Waals surface area contributed by atoms with Crippen LogP contribution in [0, 0.1) is 0 Å². The number of phenolic OH excluding ortho intramolecular Hbond substituents is 1. The number of rotatable bonds is 4. The summed E-state index contributed by atoms with van der Waals surface area (Å²) in [5.41, 5.74) is 0.250. The van der Waals surface area contributed by atoms with E-state index in [-0.39, 0.29) is 22.1 Å². The quantitative estimate of drug-likeness (QED) is 0.849. The molecule has 0 aliphatic carbocycles. The molecule has 0 saturated carbocycles. The van der Waals surface area contributed by atoms with Crippen molar-refractivity contribution >= 4 is 35.2 Å². The molecule has 2 aromatic rings. The zero-order valence-electron chi connectivity index (χ0n) is 10.9. The first kappa shape index (κ1) is 15.4.